The monoisotopic (exact) mass is 219 g/mol. The van der Waals surface area contributed by atoms with Crippen molar-refractivity contribution in [2.24, 2.45) is 0 Å². The van der Waals surface area contributed by atoms with Crippen LogP contribution in [-0.2, 0) is 0 Å². The Morgan fingerprint density at radius 3 is 2.06 bits per heavy atom. The molecule has 1 heterocycles. The average Bonchev–Trinajstić information content (AvgIpc) is 2.57. The Hall–Kier alpha value is -1.02. The fourth-order valence-electron chi connectivity index (χ4n) is 2.29. The molecule has 1 atom stereocenters. The lowest BCUT2D eigenvalue weighted by Crippen LogP contribution is -2.23. The minimum Gasteiger partial charge on any atom is -0.389 e. The van der Waals surface area contributed by atoms with Gasteiger partial charge in [0.25, 0.3) is 0 Å². The molecule has 1 N–H and O–H groups in total. The first-order chi connectivity index (χ1) is 7.77. The van der Waals surface area contributed by atoms with Gasteiger partial charge in [-0.05, 0) is 37.5 Å². The molecule has 0 amide bonds. The molecule has 88 valence electrons. The van der Waals surface area contributed by atoms with E-state index < -0.39 is 0 Å². The van der Waals surface area contributed by atoms with Gasteiger partial charge < -0.3 is 10.0 Å². The van der Waals surface area contributed by atoms with Crippen molar-refractivity contribution in [2.45, 2.75) is 38.7 Å². The Bertz CT molecular complexity index is 310. The standard InChI is InChI=1S/C14H21NO/c1-12(16)13-6-8-14(9-7-13)15-10-4-2-3-5-11-15/h6-9,12,16H,2-5,10-11H2,1H3. The normalized spacial score (nSPS) is 19.2. The molecule has 1 unspecified atom stereocenters. The quantitative estimate of drug-likeness (QED) is 0.826. The van der Waals surface area contributed by atoms with Crippen LogP contribution < -0.4 is 4.90 Å². The summed E-state index contributed by atoms with van der Waals surface area (Å²) in [6.07, 6.45) is 4.97. The van der Waals surface area contributed by atoms with E-state index in [-0.39, 0.29) is 6.10 Å². The summed E-state index contributed by atoms with van der Waals surface area (Å²) < 4.78 is 0. The van der Waals surface area contributed by atoms with E-state index >= 15 is 0 Å². The Morgan fingerprint density at radius 1 is 1.00 bits per heavy atom. The lowest BCUT2D eigenvalue weighted by Gasteiger charge is -2.23. The van der Waals surface area contributed by atoms with Crippen molar-refractivity contribution in [1.29, 1.82) is 0 Å². The predicted octanol–water partition coefficient (Wildman–Crippen LogP) is 3.12. The third kappa shape index (κ3) is 2.76. The van der Waals surface area contributed by atoms with E-state index in [4.69, 9.17) is 0 Å². The molecule has 0 aromatic heterocycles. The SMILES string of the molecule is CC(O)c1ccc(N2CCCCCC2)cc1. The Labute approximate surface area is 97.9 Å². The molecular weight excluding hydrogens is 198 g/mol. The number of hydrogen-bond acceptors (Lipinski definition) is 2. The second kappa shape index (κ2) is 5.35. The Balaban J connectivity index is 2.07. The van der Waals surface area contributed by atoms with E-state index in [0.29, 0.717) is 0 Å². The summed E-state index contributed by atoms with van der Waals surface area (Å²) in [6, 6.07) is 8.33. The molecule has 0 aliphatic carbocycles. The molecule has 0 spiro atoms. The van der Waals surface area contributed by atoms with Crippen LogP contribution in [0.15, 0.2) is 24.3 Å². The van der Waals surface area contributed by atoms with Gasteiger partial charge in [0.05, 0.1) is 6.10 Å². The van der Waals surface area contributed by atoms with E-state index in [1.165, 1.54) is 44.5 Å². The molecule has 0 bridgehead atoms. The van der Waals surface area contributed by atoms with Gasteiger partial charge >= 0.3 is 0 Å². The van der Waals surface area contributed by atoms with Gasteiger partial charge in [0.1, 0.15) is 0 Å². The Kier molecular flexibility index (Phi) is 3.83. The smallest absolute Gasteiger partial charge is 0.0761 e. The van der Waals surface area contributed by atoms with Crippen LogP contribution >= 0.6 is 0 Å². The van der Waals surface area contributed by atoms with Crippen molar-refractivity contribution in [3.05, 3.63) is 29.8 Å². The first kappa shape index (κ1) is 11.5. The van der Waals surface area contributed by atoms with E-state index in [1.807, 2.05) is 12.1 Å². The van der Waals surface area contributed by atoms with E-state index in [0.717, 1.165) is 5.56 Å². The number of aliphatic hydroxyl groups is 1. The van der Waals surface area contributed by atoms with Gasteiger partial charge in [-0.25, -0.2) is 0 Å². The molecule has 16 heavy (non-hydrogen) atoms. The second-order valence-electron chi connectivity index (χ2n) is 4.67. The van der Waals surface area contributed by atoms with Crippen molar-refractivity contribution in [3.8, 4) is 0 Å². The van der Waals surface area contributed by atoms with Crippen LogP contribution in [0.25, 0.3) is 0 Å². The lowest BCUT2D eigenvalue weighted by atomic mass is 10.1. The molecule has 1 aliphatic rings. The highest BCUT2D eigenvalue weighted by Gasteiger charge is 2.10. The summed E-state index contributed by atoms with van der Waals surface area (Å²) in [5, 5.41) is 9.46. The molecule has 0 saturated carbocycles. The highest BCUT2D eigenvalue weighted by atomic mass is 16.3. The van der Waals surface area contributed by atoms with Crippen LogP contribution in [0.3, 0.4) is 0 Å². The molecule has 1 aliphatic heterocycles. The summed E-state index contributed by atoms with van der Waals surface area (Å²) in [7, 11) is 0. The van der Waals surface area contributed by atoms with E-state index in [9.17, 15) is 5.11 Å². The van der Waals surface area contributed by atoms with Crippen molar-refractivity contribution in [2.75, 3.05) is 18.0 Å². The highest BCUT2D eigenvalue weighted by molar-refractivity contribution is 5.47. The Morgan fingerprint density at radius 2 is 1.56 bits per heavy atom. The highest BCUT2D eigenvalue weighted by Crippen LogP contribution is 2.21. The van der Waals surface area contributed by atoms with Crippen molar-refractivity contribution >= 4 is 5.69 Å². The van der Waals surface area contributed by atoms with Gasteiger partial charge in [-0.15, -0.1) is 0 Å². The number of aliphatic hydroxyl groups excluding tert-OH is 1. The molecule has 1 aromatic rings. The van der Waals surface area contributed by atoms with Crippen LogP contribution in [-0.4, -0.2) is 18.2 Å². The number of hydrogen-bond donors (Lipinski definition) is 1. The maximum Gasteiger partial charge on any atom is 0.0761 e. The average molecular weight is 219 g/mol. The minimum absolute atomic E-state index is 0.363. The molecule has 1 aromatic carbocycles. The fourth-order valence-corrected chi connectivity index (χ4v) is 2.29. The molecule has 2 rings (SSSR count). The van der Waals surface area contributed by atoms with E-state index in [2.05, 4.69) is 17.0 Å². The number of anilines is 1. The molecule has 2 heteroatoms. The summed E-state index contributed by atoms with van der Waals surface area (Å²) in [5.41, 5.74) is 2.30. The van der Waals surface area contributed by atoms with Gasteiger partial charge in [-0.3, -0.25) is 0 Å². The van der Waals surface area contributed by atoms with Crippen molar-refractivity contribution in [3.63, 3.8) is 0 Å². The van der Waals surface area contributed by atoms with Gasteiger partial charge in [-0.2, -0.15) is 0 Å². The van der Waals surface area contributed by atoms with Gasteiger partial charge in [0.2, 0.25) is 0 Å². The number of rotatable bonds is 2. The maximum atomic E-state index is 9.46. The van der Waals surface area contributed by atoms with Crippen LogP contribution in [0.5, 0.6) is 0 Å². The summed E-state index contributed by atoms with van der Waals surface area (Å²) in [6.45, 7) is 4.16. The summed E-state index contributed by atoms with van der Waals surface area (Å²) in [5.74, 6) is 0. The number of benzene rings is 1. The molecule has 2 nitrogen and oxygen atoms in total. The zero-order valence-electron chi connectivity index (χ0n) is 10.0. The third-order valence-electron chi connectivity index (χ3n) is 3.35. The first-order valence-corrected chi connectivity index (χ1v) is 6.30. The second-order valence-corrected chi connectivity index (χ2v) is 4.67. The lowest BCUT2D eigenvalue weighted by molar-refractivity contribution is 0.199. The molecular formula is C14H21NO. The fraction of sp³-hybridized carbons (Fsp3) is 0.571. The van der Waals surface area contributed by atoms with Crippen LogP contribution in [0.2, 0.25) is 0 Å². The van der Waals surface area contributed by atoms with E-state index in [1.54, 1.807) is 6.92 Å². The number of nitrogens with zero attached hydrogens (tertiary/aromatic N) is 1. The largest absolute Gasteiger partial charge is 0.389 e. The maximum absolute atomic E-state index is 9.46. The van der Waals surface area contributed by atoms with Gasteiger partial charge in [0.15, 0.2) is 0 Å². The van der Waals surface area contributed by atoms with Gasteiger partial charge in [0, 0.05) is 18.8 Å². The molecule has 0 radical (unpaired) electrons. The third-order valence-corrected chi connectivity index (χ3v) is 3.35. The predicted molar refractivity (Wildman–Crippen MR) is 67.8 cm³/mol. The van der Waals surface area contributed by atoms with Gasteiger partial charge in [-0.1, -0.05) is 25.0 Å². The first-order valence-electron chi connectivity index (χ1n) is 6.30. The minimum atomic E-state index is -0.363. The zero-order valence-corrected chi connectivity index (χ0v) is 10.0. The summed E-state index contributed by atoms with van der Waals surface area (Å²) in [4.78, 5) is 2.46. The molecule has 1 saturated heterocycles. The van der Waals surface area contributed by atoms with Crippen LogP contribution in [0.4, 0.5) is 5.69 Å². The summed E-state index contributed by atoms with van der Waals surface area (Å²) >= 11 is 0. The van der Waals surface area contributed by atoms with Crippen LogP contribution in [0.1, 0.15) is 44.3 Å². The molecule has 1 fully saturated rings. The van der Waals surface area contributed by atoms with Crippen LogP contribution in [0, 0.1) is 0 Å². The zero-order chi connectivity index (χ0) is 11.4. The van der Waals surface area contributed by atoms with Crippen molar-refractivity contribution < 1.29 is 5.11 Å². The van der Waals surface area contributed by atoms with Crippen molar-refractivity contribution in [1.82, 2.24) is 0 Å². The topological polar surface area (TPSA) is 23.5 Å².